The molecule has 0 saturated carbocycles. The number of rotatable bonds is 3. The SMILES string of the molecule is C/C=C(C)\C(=C/C)C(C)(C)C(C)=O. The number of carbonyl (C=O) groups excluding carboxylic acids is 1. The first-order valence-electron chi connectivity index (χ1n) is 4.69. The number of hydrogen-bond donors (Lipinski definition) is 0. The van der Waals surface area contributed by atoms with Crippen molar-refractivity contribution >= 4 is 5.78 Å². The Morgan fingerprint density at radius 1 is 1.08 bits per heavy atom. The summed E-state index contributed by atoms with van der Waals surface area (Å²) in [5, 5.41) is 0. The molecule has 0 aromatic rings. The lowest BCUT2D eigenvalue weighted by Gasteiger charge is -2.25. The largest absolute Gasteiger partial charge is 0.299 e. The van der Waals surface area contributed by atoms with Crippen LogP contribution >= 0.6 is 0 Å². The minimum atomic E-state index is -0.356. The summed E-state index contributed by atoms with van der Waals surface area (Å²) in [6.45, 7) is 11.6. The Morgan fingerprint density at radius 2 is 1.54 bits per heavy atom. The van der Waals surface area contributed by atoms with Gasteiger partial charge in [-0.1, -0.05) is 17.7 Å². The van der Waals surface area contributed by atoms with Crippen molar-refractivity contribution in [3.8, 4) is 0 Å². The third-order valence-electron chi connectivity index (χ3n) is 2.70. The molecule has 1 nitrogen and oxygen atoms in total. The molecule has 1 heteroatoms. The molecular weight excluding hydrogens is 160 g/mol. The van der Waals surface area contributed by atoms with E-state index in [1.165, 1.54) is 5.57 Å². The first-order chi connectivity index (χ1) is 5.87. The van der Waals surface area contributed by atoms with Gasteiger partial charge in [0.2, 0.25) is 0 Å². The highest BCUT2D eigenvalue weighted by Crippen LogP contribution is 2.32. The molecule has 0 amide bonds. The van der Waals surface area contributed by atoms with Crippen molar-refractivity contribution < 1.29 is 4.79 Å². The van der Waals surface area contributed by atoms with Crippen LogP contribution in [0, 0.1) is 5.41 Å². The Kier molecular flexibility index (Phi) is 4.12. The molecule has 0 aliphatic carbocycles. The zero-order chi connectivity index (χ0) is 10.6. The average Bonchev–Trinajstić information content (AvgIpc) is 2.04. The van der Waals surface area contributed by atoms with Crippen LogP contribution in [-0.2, 0) is 4.79 Å². The molecule has 0 radical (unpaired) electrons. The highest BCUT2D eigenvalue weighted by atomic mass is 16.1. The summed E-state index contributed by atoms with van der Waals surface area (Å²) >= 11 is 0. The molecule has 0 atom stereocenters. The molecule has 74 valence electrons. The van der Waals surface area contributed by atoms with E-state index in [-0.39, 0.29) is 11.2 Å². The average molecular weight is 180 g/mol. The second-order valence-electron chi connectivity index (χ2n) is 3.86. The van der Waals surface area contributed by atoms with Gasteiger partial charge >= 0.3 is 0 Å². The summed E-state index contributed by atoms with van der Waals surface area (Å²) in [7, 11) is 0. The predicted octanol–water partition coefficient (Wildman–Crippen LogP) is 3.51. The van der Waals surface area contributed by atoms with Crippen LogP contribution in [0.5, 0.6) is 0 Å². The Hall–Kier alpha value is -0.850. The van der Waals surface area contributed by atoms with E-state index in [1.807, 2.05) is 46.8 Å². The van der Waals surface area contributed by atoms with E-state index in [0.29, 0.717) is 0 Å². The second-order valence-corrected chi connectivity index (χ2v) is 3.86. The molecule has 0 saturated heterocycles. The fourth-order valence-electron chi connectivity index (χ4n) is 1.43. The molecule has 0 unspecified atom stereocenters. The van der Waals surface area contributed by atoms with E-state index in [0.717, 1.165) is 5.57 Å². The quantitative estimate of drug-likeness (QED) is 0.607. The smallest absolute Gasteiger partial charge is 0.139 e. The van der Waals surface area contributed by atoms with Crippen molar-refractivity contribution in [2.75, 3.05) is 0 Å². The standard InChI is InChI=1S/C12H20O/c1-7-9(3)11(8-2)12(5,6)10(4)13/h7-8H,1-6H3/b9-7-,11-8+. The van der Waals surface area contributed by atoms with Crippen molar-refractivity contribution in [3.05, 3.63) is 23.3 Å². The normalized spacial score (nSPS) is 14.6. The molecule has 0 spiro atoms. The summed E-state index contributed by atoms with van der Waals surface area (Å²) in [4.78, 5) is 11.4. The maximum absolute atomic E-state index is 11.4. The minimum Gasteiger partial charge on any atom is -0.299 e. The predicted molar refractivity (Wildman–Crippen MR) is 57.7 cm³/mol. The Bertz CT molecular complexity index is 254. The van der Waals surface area contributed by atoms with Crippen molar-refractivity contribution in [1.82, 2.24) is 0 Å². The van der Waals surface area contributed by atoms with E-state index in [1.54, 1.807) is 6.92 Å². The van der Waals surface area contributed by atoms with Crippen LogP contribution in [0.3, 0.4) is 0 Å². The van der Waals surface area contributed by atoms with Gasteiger partial charge in [0.15, 0.2) is 0 Å². The highest BCUT2D eigenvalue weighted by molar-refractivity contribution is 5.85. The maximum Gasteiger partial charge on any atom is 0.139 e. The van der Waals surface area contributed by atoms with Gasteiger partial charge in [-0.2, -0.15) is 0 Å². The lowest BCUT2D eigenvalue weighted by Crippen LogP contribution is -2.24. The zero-order valence-corrected chi connectivity index (χ0v) is 9.56. The van der Waals surface area contributed by atoms with Gasteiger partial charge in [-0.3, -0.25) is 4.79 Å². The molecule has 0 fully saturated rings. The molecular formula is C12H20O. The fraction of sp³-hybridized carbons (Fsp3) is 0.583. The first kappa shape index (κ1) is 12.2. The van der Waals surface area contributed by atoms with Gasteiger partial charge in [0.05, 0.1) is 0 Å². The van der Waals surface area contributed by atoms with Gasteiger partial charge in [0.25, 0.3) is 0 Å². The van der Waals surface area contributed by atoms with Crippen LogP contribution in [0.2, 0.25) is 0 Å². The van der Waals surface area contributed by atoms with E-state index >= 15 is 0 Å². The van der Waals surface area contributed by atoms with Gasteiger partial charge < -0.3 is 0 Å². The van der Waals surface area contributed by atoms with E-state index < -0.39 is 0 Å². The Morgan fingerprint density at radius 3 is 1.77 bits per heavy atom. The monoisotopic (exact) mass is 180 g/mol. The third kappa shape index (κ3) is 2.55. The van der Waals surface area contributed by atoms with Gasteiger partial charge in [-0.05, 0) is 47.1 Å². The van der Waals surface area contributed by atoms with Crippen molar-refractivity contribution in [2.24, 2.45) is 5.41 Å². The summed E-state index contributed by atoms with van der Waals surface area (Å²) < 4.78 is 0. The van der Waals surface area contributed by atoms with E-state index in [2.05, 4.69) is 0 Å². The molecule has 0 N–H and O–H groups in total. The van der Waals surface area contributed by atoms with Gasteiger partial charge in [-0.15, -0.1) is 0 Å². The van der Waals surface area contributed by atoms with Crippen LogP contribution < -0.4 is 0 Å². The van der Waals surface area contributed by atoms with E-state index in [9.17, 15) is 4.79 Å². The van der Waals surface area contributed by atoms with Crippen molar-refractivity contribution in [1.29, 1.82) is 0 Å². The summed E-state index contributed by atoms with van der Waals surface area (Å²) in [5.41, 5.74) is 1.95. The maximum atomic E-state index is 11.4. The summed E-state index contributed by atoms with van der Waals surface area (Å²) in [5.74, 6) is 0.210. The number of ketones is 1. The van der Waals surface area contributed by atoms with Crippen LogP contribution in [0.4, 0.5) is 0 Å². The lowest BCUT2D eigenvalue weighted by molar-refractivity contribution is -0.123. The van der Waals surface area contributed by atoms with Crippen molar-refractivity contribution in [3.63, 3.8) is 0 Å². The highest BCUT2D eigenvalue weighted by Gasteiger charge is 2.28. The number of carbonyl (C=O) groups is 1. The van der Waals surface area contributed by atoms with E-state index in [4.69, 9.17) is 0 Å². The Balaban J connectivity index is 5.14. The fourth-order valence-corrected chi connectivity index (χ4v) is 1.43. The van der Waals surface area contributed by atoms with Crippen LogP contribution in [0.1, 0.15) is 41.5 Å². The van der Waals surface area contributed by atoms with Gasteiger partial charge in [0.1, 0.15) is 5.78 Å². The van der Waals surface area contributed by atoms with Crippen LogP contribution in [-0.4, -0.2) is 5.78 Å². The number of allylic oxidation sites excluding steroid dienone is 4. The molecule has 0 rings (SSSR count). The molecule has 0 heterocycles. The van der Waals surface area contributed by atoms with Crippen LogP contribution in [0.15, 0.2) is 23.3 Å². The molecule has 0 aliphatic heterocycles. The molecule has 0 aromatic heterocycles. The van der Waals surface area contributed by atoms with Crippen LogP contribution in [0.25, 0.3) is 0 Å². The van der Waals surface area contributed by atoms with Crippen molar-refractivity contribution in [2.45, 2.75) is 41.5 Å². The van der Waals surface area contributed by atoms with Gasteiger partial charge in [-0.25, -0.2) is 0 Å². The summed E-state index contributed by atoms with van der Waals surface area (Å²) in [6.07, 6.45) is 4.07. The summed E-state index contributed by atoms with van der Waals surface area (Å²) in [6, 6.07) is 0. The lowest BCUT2D eigenvalue weighted by atomic mass is 9.77. The first-order valence-corrected chi connectivity index (χ1v) is 4.69. The third-order valence-corrected chi connectivity index (χ3v) is 2.70. The minimum absolute atomic E-state index is 0.210. The van der Waals surface area contributed by atoms with Gasteiger partial charge in [0, 0.05) is 5.41 Å². The molecule has 0 aliphatic rings. The molecule has 0 aromatic carbocycles. The number of Topliss-reactive ketones (excluding diaryl/α,β-unsaturated/α-hetero) is 1. The molecule has 0 bridgehead atoms. The second kappa shape index (κ2) is 4.40. The Labute approximate surface area is 81.5 Å². The molecule has 13 heavy (non-hydrogen) atoms. The number of hydrogen-bond acceptors (Lipinski definition) is 1. The topological polar surface area (TPSA) is 17.1 Å². The zero-order valence-electron chi connectivity index (χ0n) is 9.56.